The van der Waals surface area contributed by atoms with Crippen molar-refractivity contribution in [2.75, 3.05) is 38.8 Å². The Morgan fingerprint density at radius 1 is 1.41 bits per heavy atom. The van der Waals surface area contributed by atoms with Gasteiger partial charge >= 0.3 is 12.2 Å². The standard InChI is InChI=1S/C11H16F3N5OS2/c1-18(2)6-4-19(5-7(6)21-3)10(20)15-9-17-16-8(22-9)11(12,13)14/h6-7H,4-5H2,1-3H3,(H,15,17,20)/t6-,7-/m0/s1. The van der Waals surface area contributed by atoms with E-state index in [1.54, 1.807) is 16.7 Å². The molecule has 11 heteroatoms. The average molecular weight is 355 g/mol. The van der Waals surface area contributed by atoms with Crippen LogP contribution in [0.2, 0.25) is 0 Å². The van der Waals surface area contributed by atoms with Gasteiger partial charge in [0.25, 0.3) is 0 Å². The molecule has 0 saturated carbocycles. The number of likely N-dealkylation sites (N-methyl/N-ethyl adjacent to an activating group) is 1. The highest BCUT2D eigenvalue weighted by molar-refractivity contribution is 7.99. The van der Waals surface area contributed by atoms with Gasteiger partial charge in [-0.2, -0.15) is 24.9 Å². The third kappa shape index (κ3) is 3.82. The normalized spacial score (nSPS) is 22.4. The van der Waals surface area contributed by atoms with Crippen molar-refractivity contribution in [2.45, 2.75) is 17.5 Å². The Balaban J connectivity index is 2.00. The fourth-order valence-electron chi connectivity index (χ4n) is 2.21. The van der Waals surface area contributed by atoms with Crippen molar-refractivity contribution in [1.82, 2.24) is 20.0 Å². The van der Waals surface area contributed by atoms with E-state index in [0.717, 1.165) is 0 Å². The quantitative estimate of drug-likeness (QED) is 0.899. The number of alkyl halides is 3. The number of nitrogens with one attached hydrogen (secondary N) is 1. The van der Waals surface area contributed by atoms with Gasteiger partial charge in [-0.1, -0.05) is 11.3 Å². The van der Waals surface area contributed by atoms with Crippen molar-refractivity contribution in [3.8, 4) is 0 Å². The minimum Gasteiger partial charge on any atom is -0.322 e. The van der Waals surface area contributed by atoms with Crippen LogP contribution in [-0.4, -0.2) is 70.8 Å². The van der Waals surface area contributed by atoms with E-state index in [1.807, 2.05) is 25.3 Å². The molecule has 2 heterocycles. The minimum absolute atomic E-state index is 0.147. The molecule has 2 rings (SSSR count). The molecule has 1 aromatic heterocycles. The van der Waals surface area contributed by atoms with Gasteiger partial charge in [0.15, 0.2) is 0 Å². The van der Waals surface area contributed by atoms with E-state index < -0.39 is 17.2 Å². The zero-order valence-electron chi connectivity index (χ0n) is 12.2. The fraction of sp³-hybridized carbons (Fsp3) is 0.727. The first-order chi connectivity index (χ1) is 10.2. The number of amides is 2. The first-order valence-corrected chi connectivity index (χ1v) is 8.48. The van der Waals surface area contributed by atoms with E-state index in [-0.39, 0.29) is 16.4 Å². The molecule has 1 saturated heterocycles. The summed E-state index contributed by atoms with van der Waals surface area (Å²) in [5, 5.41) is 7.83. The minimum atomic E-state index is -4.55. The van der Waals surface area contributed by atoms with Crippen LogP contribution < -0.4 is 5.32 Å². The number of aromatic nitrogens is 2. The van der Waals surface area contributed by atoms with E-state index in [0.29, 0.717) is 24.4 Å². The summed E-state index contributed by atoms with van der Waals surface area (Å²) in [6.07, 6.45) is -2.57. The van der Waals surface area contributed by atoms with Crippen LogP contribution in [0, 0.1) is 0 Å². The molecule has 0 unspecified atom stereocenters. The molecule has 0 radical (unpaired) electrons. The molecule has 124 valence electrons. The highest BCUT2D eigenvalue weighted by Gasteiger charge is 2.38. The smallest absolute Gasteiger partial charge is 0.322 e. The Labute approximate surface area is 134 Å². The molecule has 0 aliphatic carbocycles. The second kappa shape index (κ2) is 6.59. The molecule has 0 spiro atoms. The van der Waals surface area contributed by atoms with Crippen LogP contribution in [0.3, 0.4) is 0 Å². The van der Waals surface area contributed by atoms with Gasteiger partial charge in [0, 0.05) is 24.4 Å². The van der Waals surface area contributed by atoms with Crippen LogP contribution >= 0.6 is 23.1 Å². The number of anilines is 1. The zero-order valence-corrected chi connectivity index (χ0v) is 13.8. The predicted molar refractivity (Wildman–Crippen MR) is 80.3 cm³/mol. The molecule has 1 aliphatic rings. The zero-order chi connectivity index (χ0) is 16.5. The summed E-state index contributed by atoms with van der Waals surface area (Å²) in [7, 11) is 3.88. The number of carbonyl (C=O) groups excluding carboxylic acids is 1. The van der Waals surface area contributed by atoms with E-state index in [2.05, 4.69) is 15.5 Å². The maximum atomic E-state index is 12.5. The largest absolute Gasteiger partial charge is 0.445 e. The molecule has 1 N–H and O–H groups in total. The number of urea groups is 1. The highest BCUT2D eigenvalue weighted by Crippen LogP contribution is 2.33. The van der Waals surface area contributed by atoms with Crippen molar-refractivity contribution in [3.63, 3.8) is 0 Å². The van der Waals surface area contributed by atoms with Crippen LogP contribution in [-0.2, 0) is 6.18 Å². The Morgan fingerprint density at radius 2 is 2.09 bits per heavy atom. The van der Waals surface area contributed by atoms with Gasteiger partial charge in [0.2, 0.25) is 10.1 Å². The number of nitrogens with zero attached hydrogens (tertiary/aromatic N) is 4. The molecule has 0 bridgehead atoms. The van der Waals surface area contributed by atoms with Crippen molar-refractivity contribution in [3.05, 3.63) is 5.01 Å². The molecule has 6 nitrogen and oxygen atoms in total. The average Bonchev–Trinajstić information content (AvgIpc) is 3.03. The predicted octanol–water partition coefficient (Wildman–Crippen LogP) is 2.07. The van der Waals surface area contributed by atoms with Crippen molar-refractivity contribution < 1.29 is 18.0 Å². The molecular formula is C11H16F3N5OS2. The number of halogens is 3. The van der Waals surface area contributed by atoms with E-state index in [9.17, 15) is 18.0 Å². The lowest BCUT2D eigenvalue weighted by Gasteiger charge is -2.23. The van der Waals surface area contributed by atoms with Gasteiger partial charge in [0.1, 0.15) is 0 Å². The van der Waals surface area contributed by atoms with Crippen LogP contribution in [0.1, 0.15) is 5.01 Å². The second-order valence-corrected chi connectivity index (χ2v) is 7.10. The monoisotopic (exact) mass is 355 g/mol. The second-order valence-electron chi connectivity index (χ2n) is 5.05. The van der Waals surface area contributed by atoms with Gasteiger partial charge in [-0.15, -0.1) is 10.2 Å². The number of hydrogen-bond donors (Lipinski definition) is 1. The molecule has 2 atom stereocenters. The van der Waals surface area contributed by atoms with Crippen LogP contribution in [0.25, 0.3) is 0 Å². The van der Waals surface area contributed by atoms with E-state index in [4.69, 9.17) is 0 Å². The molecular weight excluding hydrogens is 339 g/mol. The molecule has 1 aliphatic heterocycles. The van der Waals surface area contributed by atoms with Gasteiger partial charge in [0.05, 0.1) is 0 Å². The Morgan fingerprint density at radius 3 is 2.55 bits per heavy atom. The highest BCUT2D eigenvalue weighted by atomic mass is 32.2. The third-order valence-corrected chi connectivity index (χ3v) is 5.32. The van der Waals surface area contributed by atoms with Gasteiger partial charge in [-0.3, -0.25) is 5.32 Å². The summed E-state index contributed by atoms with van der Waals surface area (Å²) in [6, 6.07) is -0.241. The van der Waals surface area contributed by atoms with E-state index >= 15 is 0 Å². The SMILES string of the molecule is CS[C@H]1CN(C(=O)Nc2nnc(C(F)(F)F)s2)C[C@@H]1N(C)C. The van der Waals surface area contributed by atoms with Crippen LogP contribution in [0.5, 0.6) is 0 Å². The van der Waals surface area contributed by atoms with Crippen LogP contribution in [0.15, 0.2) is 0 Å². The first-order valence-electron chi connectivity index (χ1n) is 6.38. The maximum absolute atomic E-state index is 12.5. The number of rotatable bonds is 3. The first kappa shape index (κ1) is 17.3. The topological polar surface area (TPSA) is 61.4 Å². The molecule has 1 fully saturated rings. The Hall–Kier alpha value is -1.07. The number of thioether (sulfide) groups is 1. The summed E-state index contributed by atoms with van der Waals surface area (Å²) >= 11 is 1.99. The van der Waals surface area contributed by atoms with Gasteiger partial charge < -0.3 is 9.80 Å². The molecule has 1 aromatic rings. The summed E-state index contributed by atoms with van der Waals surface area (Å²) in [6.45, 7) is 1.07. The van der Waals surface area contributed by atoms with E-state index in [1.165, 1.54) is 0 Å². The molecule has 2 amide bonds. The Kier molecular flexibility index (Phi) is 5.17. The lowest BCUT2D eigenvalue weighted by Crippen LogP contribution is -2.38. The molecule has 0 aromatic carbocycles. The number of carbonyl (C=O) groups is 1. The maximum Gasteiger partial charge on any atom is 0.445 e. The lowest BCUT2D eigenvalue weighted by molar-refractivity contribution is -0.138. The van der Waals surface area contributed by atoms with Crippen LogP contribution in [0.4, 0.5) is 23.1 Å². The fourth-order valence-corrected chi connectivity index (χ4v) is 3.78. The Bertz CT molecular complexity index is 536. The summed E-state index contributed by atoms with van der Waals surface area (Å²) in [5.74, 6) is 0. The lowest BCUT2D eigenvalue weighted by atomic mass is 10.2. The van der Waals surface area contributed by atoms with Crippen molar-refractivity contribution in [1.29, 1.82) is 0 Å². The number of likely N-dealkylation sites (tertiary alicyclic amines) is 1. The third-order valence-electron chi connectivity index (χ3n) is 3.37. The summed E-state index contributed by atoms with van der Waals surface area (Å²) < 4.78 is 37.4. The number of hydrogen-bond acceptors (Lipinski definition) is 6. The molecule has 22 heavy (non-hydrogen) atoms. The van der Waals surface area contributed by atoms with Crippen molar-refractivity contribution in [2.24, 2.45) is 0 Å². The van der Waals surface area contributed by atoms with Gasteiger partial charge in [-0.25, -0.2) is 4.79 Å². The van der Waals surface area contributed by atoms with Crippen molar-refractivity contribution >= 4 is 34.3 Å². The summed E-state index contributed by atoms with van der Waals surface area (Å²) in [4.78, 5) is 15.8. The van der Waals surface area contributed by atoms with Gasteiger partial charge in [-0.05, 0) is 20.4 Å². The summed E-state index contributed by atoms with van der Waals surface area (Å²) in [5.41, 5.74) is 0.